The fourth-order valence-electron chi connectivity index (χ4n) is 1.79. The second-order valence-electron chi connectivity index (χ2n) is 4.25. The zero-order chi connectivity index (χ0) is 15.4. The van der Waals surface area contributed by atoms with E-state index in [1.165, 1.54) is 6.07 Å². The number of hydrogen-bond donors (Lipinski definition) is 1. The van der Waals surface area contributed by atoms with Gasteiger partial charge < -0.3 is 10.1 Å². The van der Waals surface area contributed by atoms with Crippen LogP contribution in [-0.4, -0.2) is 12.0 Å². The van der Waals surface area contributed by atoms with Gasteiger partial charge in [0.2, 0.25) is 5.82 Å². The Bertz CT molecular complexity index is 679. The molecule has 0 fully saturated rings. The molecule has 21 heavy (non-hydrogen) atoms. The van der Waals surface area contributed by atoms with Crippen LogP contribution in [0.1, 0.15) is 5.56 Å². The Morgan fingerprint density at radius 3 is 2.71 bits per heavy atom. The van der Waals surface area contributed by atoms with Crippen molar-refractivity contribution < 1.29 is 14.1 Å². The van der Waals surface area contributed by atoms with E-state index in [2.05, 4.69) is 21.2 Å². The number of rotatable bonds is 5. The summed E-state index contributed by atoms with van der Waals surface area (Å²) in [7, 11) is 1.80. The van der Waals surface area contributed by atoms with E-state index in [0.29, 0.717) is 12.3 Å². The van der Waals surface area contributed by atoms with Crippen LogP contribution >= 0.6 is 15.9 Å². The van der Waals surface area contributed by atoms with Gasteiger partial charge in [-0.25, -0.2) is 0 Å². The molecule has 2 rings (SSSR count). The van der Waals surface area contributed by atoms with Crippen LogP contribution in [0.5, 0.6) is 11.5 Å². The molecule has 0 radical (unpaired) electrons. The lowest BCUT2D eigenvalue weighted by atomic mass is 10.2. The highest BCUT2D eigenvalue weighted by Crippen LogP contribution is 2.30. The summed E-state index contributed by atoms with van der Waals surface area (Å²) >= 11 is 3.34. The number of benzene rings is 2. The van der Waals surface area contributed by atoms with Gasteiger partial charge in [-0.05, 0) is 25.2 Å². The third-order valence-electron chi connectivity index (χ3n) is 2.74. The van der Waals surface area contributed by atoms with Crippen molar-refractivity contribution in [3.63, 3.8) is 0 Å². The van der Waals surface area contributed by atoms with E-state index in [1.54, 1.807) is 13.1 Å². The third-order valence-corrected chi connectivity index (χ3v) is 3.23. The van der Waals surface area contributed by atoms with Gasteiger partial charge in [0, 0.05) is 28.7 Å². The molecule has 2 aromatic rings. The maximum absolute atomic E-state index is 13.6. The molecular weight excluding hydrogens is 343 g/mol. The fraction of sp³-hybridized carbons (Fsp3) is 0.143. The molecule has 5 nitrogen and oxygen atoms in total. The molecule has 0 spiro atoms. The van der Waals surface area contributed by atoms with Gasteiger partial charge in [-0.3, -0.25) is 10.1 Å². The number of ether oxygens (including phenoxy) is 1. The van der Waals surface area contributed by atoms with Gasteiger partial charge in [0.25, 0.3) is 0 Å². The van der Waals surface area contributed by atoms with Crippen molar-refractivity contribution >= 4 is 21.6 Å². The van der Waals surface area contributed by atoms with Gasteiger partial charge >= 0.3 is 5.69 Å². The van der Waals surface area contributed by atoms with Crippen LogP contribution in [0.25, 0.3) is 0 Å². The van der Waals surface area contributed by atoms with Crippen LogP contribution in [0.2, 0.25) is 0 Å². The monoisotopic (exact) mass is 354 g/mol. The van der Waals surface area contributed by atoms with E-state index in [9.17, 15) is 14.5 Å². The first-order valence-electron chi connectivity index (χ1n) is 6.06. The highest BCUT2D eigenvalue weighted by molar-refractivity contribution is 9.10. The van der Waals surface area contributed by atoms with Crippen molar-refractivity contribution in [1.29, 1.82) is 0 Å². The van der Waals surface area contributed by atoms with E-state index in [0.717, 1.165) is 22.2 Å². The second-order valence-corrected chi connectivity index (χ2v) is 5.17. The average Bonchev–Trinajstić information content (AvgIpc) is 2.41. The summed E-state index contributed by atoms with van der Waals surface area (Å²) in [6.45, 7) is 0.581. The van der Waals surface area contributed by atoms with Gasteiger partial charge in [-0.1, -0.05) is 22.0 Å². The first kappa shape index (κ1) is 15.4. The summed E-state index contributed by atoms with van der Waals surface area (Å²) < 4.78 is 20.0. The normalized spacial score (nSPS) is 10.4. The highest BCUT2D eigenvalue weighted by Gasteiger charge is 2.15. The number of halogens is 2. The standard InChI is InChI=1S/C14H12BrFN2O3/c1-17-8-9-2-3-10(15)6-14(9)21-11-4-5-13(18(19)20)12(16)7-11/h2-7,17H,8H2,1H3. The van der Waals surface area contributed by atoms with E-state index < -0.39 is 16.4 Å². The highest BCUT2D eigenvalue weighted by atomic mass is 79.9. The molecule has 0 saturated heterocycles. The summed E-state index contributed by atoms with van der Waals surface area (Å²) in [5.41, 5.74) is 0.312. The van der Waals surface area contributed by atoms with Crippen molar-refractivity contribution in [3.8, 4) is 11.5 Å². The topological polar surface area (TPSA) is 64.4 Å². The largest absolute Gasteiger partial charge is 0.457 e. The summed E-state index contributed by atoms with van der Waals surface area (Å²) in [6, 6.07) is 8.95. The van der Waals surface area contributed by atoms with E-state index >= 15 is 0 Å². The fourth-order valence-corrected chi connectivity index (χ4v) is 2.13. The van der Waals surface area contributed by atoms with Crippen molar-refractivity contribution in [2.24, 2.45) is 0 Å². The molecule has 0 amide bonds. The minimum Gasteiger partial charge on any atom is -0.457 e. The lowest BCUT2D eigenvalue weighted by molar-refractivity contribution is -0.387. The quantitative estimate of drug-likeness (QED) is 0.650. The van der Waals surface area contributed by atoms with E-state index in [1.807, 2.05) is 12.1 Å². The van der Waals surface area contributed by atoms with E-state index in [4.69, 9.17) is 4.74 Å². The Kier molecular flexibility index (Phi) is 4.87. The smallest absolute Gasteiger partial charge is 0.305 e. The molecule has 0 aromatic heterocycles. The Labute approximate surface area is 129 Å². The van der Waals surface area contributed by atoms with Gasteiger partial charge in [-0.15, -0.1) is 0 Å². The summed E-state index contributed by atoms with van der Waals surface area (Å²) in [5, 5.41) is 13.6. The predicted molar refractivity (Wildman–Crippen MR) is 80.0 cm³/mol. The van der Waals surface area contributed by atoms with Crippen molar-refractivity contribution in [1.82, 2.24) is 5.32 Å². The van der Waals surface area contributed by atoms with Crippen LogP contribution in [0, 0.1) is 15.9 Å². The zero-order valence-corrected chi connectivity index (χ0v) is 12.7. The number of nitrogens with one attached hydrogen (secondary N) is 1. The van der Waals surface area contributed by atoms with Crippen molar-refractivity contribution in [2.75, 3.05) is 7.05 Å². The average molecular weight is 355 g/mol. The molecule has 0 saturated carbocycles. The Hall–Kier alpha value is -1.99. The molecule has 0 aliphatic carbocycles. The molecular formula is C14H12BrFN2O3. The van der Waals surface area contributed by atoms with Crippen LogP contribution in [0.3, 0.4) is 0 Å². The molecule has 0 aliphatic rings. The van der Waals surface area contributed by atoms with Crippen molar-refractivity contribution in [3.05, 3.63) is 62.4 Å². The molecule has 0 unspecified atom stereocenters. The molecule has 1 N–H and O–H groups in total. The molecule has 110 valence electrons. The predicted octanol–water partition coefficient (Wildman–Crippen LogP) is 4.01. The molecule has 0 heterocycles. The number of hydrogen-bond acceptors (Lipinski definition) is 4. The van der Waals surface area contributed by atoms with Crippen molar-refractivity contribution in [2.45, 2.75) is 6.54 Å². The first-order valence-corrected chi connectivity index (χ1v) is 6.85. The lowest BCUT2D eigenvalue weighted by Gasteiger charge is -2.11. The summed E-state index contributed by atoms with van der Waals surface area (Å²) in [6.07, 6.45) is 0. The third kappa shape index (κ3) is 3.77. The second kappa shape index (κ2) is 6.64. The van der Waals surface area contributed by atoms with Crippen LogP contribution in [0.15, 0.2) is 40.9 Å². The van der Waals surface area contributed by atoms with Gasteiger partial charge in [0.05, 0.1) is 4.92 Å². The number of nitro groups is 1. The summed E-state index contributed by atoms with van der Waals surface area (Å²) in [4.78, 5) is 9.81. The molecule has 0 aliphatic heterocycles. The van der Waals surface area contributed by atoms with Crippen LogP contribution in [0.4, 0.5) is 10.1 Å². The molecule has 2 aromatic carbocycles. The molecule has 7 heteroatoms. The SMILES string of the molecule is CNCc1ccc(Br)cc1Oc1ccc([N+](=O)[O-])c(F)c1. The molecule has 0 atom stereocenters. The lowest BCUT2D eigenvalue weighted by Crippen LogP contribution is -2.06. The Balaban J connectivity index is 2.31. The zero-order valence-electron chi connectivity index (χ0n) is 11.1. The maximum atomic E-state index is 13.6. The molecule has 0 bridgehead atoms. The van der Waals surface area contributed by atoms with Crippen LogP contribution in [-0.2, 0) is 6.54 Å². The minimum absolute atomic E-state index is 0.202. The number of nitro benzene ring substituents is 1. The maximum Gasteiger partial charge on any atom is 0.305 e. The Morgan fingerprint density at radius 2 is 2.10 bits per heavy atom. The van der Waals surface area contributed by atoms with E-state index in [-0.39, 0.29) is 5.75 Å². The van der Waals surface area contributed by atoms with Gasteiger partial charge in [-0.2, -0.15) is 4.39 Å². The number of nitrogens with zero attached hydrogens (tertiary/aromatic N) is 1. The minimum atomic E-state index is -0.928. The van der Waals surface area contributed by atoms with Gasteiger partial charge in [0.1, 0.15) is 11.5 Å². The first-order chi connectivity index (χ1) is 10.0. The summed E-state index contributed by atoms with van der Waals surface area (Å²) in [5.74, 6) is -0.178. The van der Waals surface area contributed by atoms with Crippen LogP contribution < -0.4 is 10.1 Å². The van der Waals surface area contributed by atoms with Gasteiger partial charge in [0.15, 0.2) is 0 Å². The Morgan fingerprint density at radius 1 is 1.33 bits per heavy atom.